The molecule has 28 heavy (non-hydrogen) atoms. The SMILES string of the molecule is COC1OC(CO)C(O)C(O)C1COC1OC(CO)C(C)C(O)C1NC(C)=O. The van der Waals surface area contributed by atoms with Crippen LogP contribution < -0.4 is 5.32 Å². The molecule has 2 aliphatic rings. The van der Waals surface area contributed by atoms with Gasteiger partial charge in [-0.05, 0) is 0 Å². The maximum atomic E-state index is 11.5. The number of nitrogens with one attached hydrogen (secondary N) is 1. The molecule has 2 aliphatic heterocycles. The third-order valence-corrected chi connectivity index (χ3v) is 5.34. The first-order chi connectivity index (χ1) is 13.2. The smallest absolute Gasteiger partial charge is 0.217 e. The zero-order chi connectivity index (χ0) is 21.0. The normalized spacial score (nSPS) is 44.3. The number of carbonyl (C=O) groups is 1. The number of carbonyl (C=O) groups excluding carboxylic acids is 1. The summed E-state index contributed by atoms with van der Waals surface area (Å²) in [5.74, 6) is -1.68. The average molecular weight is 409 g/mol. The van der Waals surface area contributed by atoms with Gasteiger partial charge in [-0.1, -0.05) is 6.92 Å². The Hall–Kier alpha value is -0.890. The van der Waals surface area contributed by atoms with Gasteiger partial charge in [0.1, 0.15) is 18.2 Å². The van der Waals surface area contributed by atoms with Crippen LogP contribution in [0.2, 0.25) is 0 Å². The second kappa shape index (κ2) is 10.2. The van der Waals surface area contributed by atoms with E-state index in [0.29, 0.717) is 0 Å². The van der Waals surface area contributed by atoms with Crippen LogP contribution in [-0.2, 0) is 23.7 Å². The second-order valence-corrected chi connectivity index (χ2v) is 7.24. The summed E-state index contributed by atoms with van der Waals surface area (Å²) in [6.07, 6.45) is -7.47. The van der Waals surface area contributed by atoms with E-state index in [0.717, 1.165) is 0 Å². The zero-order valence-corrected chi connectivity index (χ0v) is 16.2. The third kappa shape index (κ3) is 4.99. The molecule has 11 nitrogen and oxygen atoms in total. The maximum absolute atomic E-state index is 11.5. The van der Waals surface area contributed by atoms with Crippen molar-refractivity contribution < 1.29 is 49.3 Å². The first-order valence-corrected chi connectivity index (χ1v) is 9.23. The summed E-state index contributed by atoms with van der Waals surface area (Å²) in [7, 11) is 1.35. The first-order valence-electron chi connectivity index (χ1n) is 9.23. The van der Waals surface area contributed by atoms with Crippen LogP contribution in [0.3, 0.4) is 0 Å². The van der Waals surface area contributed by atoms with Gasteiger partial charge in [0.2, 0.25) is 5.91 Å². The van der Waals surface area contributed by atoms with Crippen LogP contribution in [-0.4, -0.2) is 108 Å². The van der Waals surface area contributed by atoms with Crippen molar-refractivity contribution in [3.8, 4) is 0 Å². The van der Waals surface area contributed by atoms with Gasteiger partial charge in [0.05, 0.1) is 44.1 Å². The number of amides is 1. The summed E-state index contributed by atoms with van der Waals surface area (Å²) in [5, 5.41) is 52.3. The third-order valence-electron chi connectivity index (χ3n) is 5.34. The van der Waals surface area contributed by atoms with Crippen molar-refractivity contribution in [1.29, 1.82) is 0 Å². The van der Waals surface area contributed by atoms with Crippen molar-refractivity contribution in [2.24, 2.45) is 11.8 Å². The Morgan fingerprint density at radius 2 is 1.61 bits per heavy atom. The molecule has 0 aliphatic carbocycles. The first kappa shape index (κ1) is 23.4. The van der Waals surface area contributed by atoms with E-state index >= 15 is 0 Å². The molecule has 2 fully saturated rings. The van der Waals surface area contributed by atoms with Crippen molar-refractivity contribution >= 4 is 5.91 Å². The molecule has 0 aromatic carbocycles. The molecule has 6 N–H and O–H groups in total. The number of hydrogen-bond donors (Lipinski definition) is 6. The highest BCUT2D eigenvalue weighted by Gasteiger charge is 2.47. The van der Waals surface area contributed by atoms with Crippen molar-refractivity contribution in [3.05, 3.63) is 0 Å². The summed E-state index contributed by atoms with van der Waals surface area (Å²) < 4.78 is 22.0. The van der Waals surface area contributed by atoms with E-state index < -0.39 is 73.5 Å². The summed E-state index contributed by atoms with van der Waals surface area (Å²) in [4.78, 5) is 11.5. The molecule has 10 unspecified atom stereocenters. The predicted octanol–water partition coefficient (Wildman–Crippen LogP) is -3.08. The van der Waals surface area contributed by atoms with E-state index in [9.17, 15) is 30.3 Å². The topological polar surface area (TPSA) is 167 Å². The Balaban J connectivity index is 2.11. The Kier molecular flexibility index (Phi) is 8.55. The molecule has 164 valence electrons. The van der Waals surface area contributed by atoms with Gasteiger partial charge < -0.3 is 49.8 Å². The van der Waals surface area contributed by atoms with E-state index in [4.69, 9.17) is 18.9 Å². The van der Waals surface area contributed by atoms with Crippen LogP contribution in [0.5, 0.6) is 0 Å². The summed E-state index contributed by atoms with van der Waals surface area (Å²) in [5.41, 5.74) is 0. The molecular weight excluding hydrogens is 378 g/mol. The van der Waals surface area contributed by atoms with Gasteiger partial charge in [-0.2, -0.15) is 0 Å². The van der Waals surface area contributed by atoms with Gasteiger partial charge >= 0.3 is 0 Å². The second-order valence-electron chi connectivity index (χ2n) is 7.24. The molecule has 2 rings (SSSR count). The number of ether oxygens (including phenoxy) is 4. The van der Waals surface area contributed by atoms with Crippen LogP contribution >= 0.6 is 0 Å². The Labute approximate surface area is 163 Å². The molecule has 2 heterocycles. The van der Waals surface area contributed by atoms with Crippen molar-refractivity contribution in [2.45, 2.75) is 63.0 Å². The lowest BCUT2D eigenvalue weighted by atomic mass is 9.89. The minimum Gasteiger partial charge on any atom is -0.394 e. The summed E-state index contributed by atoms with van der Waals surface area (Å²) >= 11 is 0. The van der Waals surface area contributed by atoms with Crippen LogP contribution in [0, 0.1) is 11.8 Å². The molecule has 0 bridgehead atoms. The molecule has 0 aromatic heterocycles. The highest BCUT2D eigenvalue weighted by Crippen LogP contribution is 2.30. The van der Waals surface area contributed by atoms with Gasteiger partial charge in [-0.15, -0.1) is 0 Å². The summed E-state index contributed by atoms with van der Waals surface area (Å²) in [6.45, 7) is 1.93. The molecular formula is C17H31NO10. The lowest BCUT2D eigenvalue weighted by Gasteiger charge is -2.45. The number of methoxy groups -OCH3 is 1. The number of aliphatic hydroxyl groups excluding tert-OH is 5. The van der Waals surface area contributed by atoms with Crippen molar-refractivity contribution in [1.82, 2.24) is 5.32 Å². The van der Waals surface area contributed by atoms with E-state index in [1.165, 1.54) is 14.0 Å². The average Bonchev–Trinajstić information content (AvgIpc) is 2.67. The molecule has 0 saturated carbocycles. The molecule has 0 radical (unpaired) electrons. The van der Waals surface area contributed by atoms with Crippen molar-refractivity contribution in [3.63, 3.8) is 0 Å². The highest BCUT2D eigenvalue weighted by molar-refractivity contribution is 5.73. The molecule has 1 amide bonds. The standard InChI is InChI=1S/C17H31NO10/c1-7-10(4-19)27-17(12(13(7)22)18-8(2)21)26-6-9-14(23)15(24)11(5-20)28-16(9)25-3/h7,9-17,19-20,22-24H,4-6H2,1-3H3,(H,18,21). The molecule has 2 saturated heterocycles. The predicted molar refractivity (Wildman–Crippen MR) is 92.7 cm³/mol. The van der Waals surface area contributed by atoms with Gasteiger partial charge in [-0.3, -0.25) is 4.79 Å². The van der Waals surface area contributed by atoms with Gasteiger partial charge in [-0.25, -0.2) is 0 Å². The van der Waals surface area contributed by atoms with E-state index in [2.05, 4.69) is 5.32 Å². The van der Waals surface area contributed by atoms with Gasteiger partial charge in [0.15, 0.2) is 12.6 Å². The zero-order valence-electron chi connectivity index (χ0n) is 16.2. The van der Waals surface area contributed by atoms with Crippen LogP contribution in [0.15, 0.2) is 0 Å². The monoisotopic (exact) mass is 409 g/mol. The molecule has 10 atom stereocenters. The minimum absolute atomic E-state index is 0.200. The number of hydrogen-bond acceptors (Lipinski definition) is 10. The lowest BCUT2D eigenvalue weighted by molar-refractivity contribution is -0.305. The fourth-order valence-electron chi connectivity index (χ4n) is 3.58. The minimum atomic E-state index is -1.35. The van der Waals surface area contributed by atoms with E-state index in [1.807, 2.05) is 0 Å². The largest absolute Gasteiger partial charge is 0.394 e. The molecule has 11 heteroatoms. The number of rotatable bonds is 7. The Morgan fingerprint density at radius 3 is 2.14 bits per heavy atom. The van der Waals surface area contributed by atoms with Gasteiger partial charge in [0.25, 0.3) is 0 Å². The van der Waals surface area contributed by atoms with Crippen LogP contribution in [0.4, 0.5) is 0 Å². The van der Waals surface area contributed by atoms with Crippen molar-refractivity contribution in [2.75, 3.05) is 26.9 Å². The fourth-order valence-corrected chi connectivity index (χ4v) is 3.58. The fraction of sp³-hybridized carbons (Fsp3) is 0.941. The molecule has 0 spiro atoms. The number of aliphatic hydroxyl groups is 5. The van der Waals surface area contributed by atoms with Crippen LogP contribution in [0.1, 0.15) is 13.8 Å². The van der Waals surface area contributed by atoms with Crippen LogP contribution in [0.25, 0.3) is 0 Å². The highest BCUT2D eigenvalue weighted by atomic mass is 16.7. The van der Waals surface area contributed by atoms with Gasteiger partial charge in [0, 0.05) is 20.0 Å². The summed E-state index contributed by atoms with van der Waals surface area (Å²) in [6, 6.07) is -0.895. The Bertz CT molecular complexity index is 506. The molecule has 0 aromatic rings. The van der Waals surface area contributed by atoms with E-state index in [1.54, 1.807) is 6.92 Å². The Morgan fingerprint density at radius 1 is 1.00 bits per heavy atom. The lowest BCUT2D eigenvalue weighted by Crippen LogP contribution is -2.62. The quantitative estimate of drug-likeness (QED) is 0.254. The maximum Gasteiger partial charge on any atom is 0.217 e. The van der Waals surface area contributed by atoms with E-state index in [-0.39, 0.29) is 13.2 Å².